The minimum Gasteiger partial charge on any atom is -0.352 e. The highest BCUT2D eigenvalue weighted by atomic mass is 79.9. The van der Waals surface area contributed by atoms with Crippen LogP contribution in [0.25, 0.3) is 0 Å². The molecule has 0 aliphatic heterocycles. The number of alkyl halides is 1. The van der Waals surface area contributed by atoms with Crippen LogP contribution in [0.2, 0.25) is 0 Å². The van der Waals surface area contributed by atoms with E-state index in [1.165, 1.54) is 0 Å². The van der Waals surface area contributed by atoms with E-state index in [1.807, 2.05) is 13.0 Å². The van der Waals surface area contributed by atoms with Gasteiger partial charge in [0, 0.05) is 17.4 Å². The zero-order chi connectivity index (χ0) is 10.1. The number of allylic oxidation sites excluding steroid dienone is 1. The van der Waals surface area contributed by atoms with E-state index in [0.717, 1.165) is 18.2 Å². The minimum absolute atomic E-state index is 0.0781. The zero-order valence-electron chi connectivity index (χ0n) is 7.98. The second-order valence-electron chi connectivity index (χ2n) is 2.63. The van der Waals surface area contributed by atoms with Gasteiger partial charge < -0.3 is 5.32 Å². The molecule has 1 N–H and O–H groups in total. The molecule has 0 aliphatic rings. The Labute approximate surface area is 88.2 Å². The van der Waals surface area contributed by atoms with Gasteiger partial charge >= 0.3 is 0 Å². The molecule has 0 radical (unpaired) electrons. The van der Waals surface area contributed by atoms with Gasteiger partial charge in [0.1, 0.15) is 0 Å². The van der Waals surface area contributed by atoms with Crippen molar-refractivity contribution < 1.29 is 4.79 Å². The number of carbonyl (C=O) groups excluding carboxylic acids is 1. The lowest BCUT2D eigenvalue weighted by Gasteiger charge is -2.02. The van der Waals surface area contributed by atoms with Gasteiger partial charge in [-0.1, -0.05) is 41.6 Å². The van der Waals surface area contributed by atoms with E-state index in [1.54, 1.807) is 6.08 Å². The van der Waals surface area contributed by atoms with Gasteiger partial charge in [-0.05, 0) is 12.8 Å². The third kappa shape index (κ3) is 6.58. The summed E-state index contributed by atoms with van der Waals surface area (Å²) in [4.78, 5) is 11.2. The Bertz CT molecular complexity index is 199. The molecular weight excluding hydrogens is 230 g/mol. The van der Waals surface area contributed by atoms with Crippen LogP contribution in [0.5, 0.6) is 0 Å². The summed E-state index contributed by atoms with van der Waals surface area (Å²) >= 11 is 3.29. The van der Waals surface area contributed by atoms with Crippen LogP contribution in [-0.4, -0.2) is 17.8 Å². The second-order valence-corrected chi connectivity index (χ2v) is 3.43. The van der Waals surface area contributed by atoms with E-state index in [0.29, 0.717) is 12.1 Å². The fourth-order valence-electron chi connectivity index (χ4n) is 0.718. The maximum Gasteiger partial charge on any atom is 0.250 e. The molecule has 13 heavy (non-hydrogen) atoms. The van der Waals surface area contributed by atoms with Crippen molar-refractivity contribution in [2.24, 2.45) is 0 Å². The molecule has 74 valence electrons. The van der Waals surface area contributed by atoms with Crippen LogP contribution in [0.3, 0.4) is 0 Å². The van der Waals surface area contributed by atoms with Crippen molar-refractivity contribution in [3.8, 4) is 0 Å². The first-order valence-corrected chi connectivity index (χ1v) is 5.54. The molecule has 0 rings (SSSR count). The molecule has 0 aromatic heterocycles. The molecule has 0 fully saturated rings. The SMILES string of the molecule is C=C(/C=C\CC)C(=O)NCCCBr. The molecule has 0 heterocycles. The maximum absolute atomic E-state index is 11.2. The van der Waals surface area contributed by atoms with Crippen molar-refractivity contribution in [1.82, 2.24) is 5.32 Å². The van der Waals surface area contributed by atoms with E-state index < -0.39 is 0 Å². The molecule has 0 atom stereocenters. The number of hydrogen-bond acceptors (Lipinski definition) is 1. The first-order valence-electron chi connectivity index (χ1n) is 4.42. The third-order valence-electron chi connectivity index (χ3n) is 1.44. The Balaban J connectivity index is 3.70. The summed E-state index contributed by atoms with van der Waals surface area (Å²) in [5.41, 5.74) is 0.524. The minimum atomic E-state index is -0.0781. The van der Waals surface area contributed by atoms with Crippen LogP contribution in [-0.2, 0) is 4.79 Å². The summed E-state index contributed by atoms with van der Waals surface area (Å²) in [6.07, 6.45) is 5.54. The Morgan fingerprint density at radius 1 is 1.62 bits per heavy atom. The van der Waals surface area contributed by atoms with Gasteiger partial charge in [-0.3, -0.25) is 4.79 Å². The van der Waals surface area contributed by atoms with Crippen LogP contribution in [0.15, 0.2) is 24.3 Å². The van der Waals surface area contributed by atoms with E-state index in [-0.39, 0.29) is 5.91 Å². The molecule has 0 spiro atoms. The smallest absolute Gasteiger partial charge is 0.250 e. The van der Waals surface area contributed by atoms with Gasteiger partial charge in [0.15, 0.2) is 0 Å². The van der Waals surface area contributed by atoms with Crippen molar-refractivity contribution >= 4 is 21.8 Å². The number of carbonyl (C=O) groups is 1. The van der Waals surface area contributed by atoms with Crippen molar-refractivity contribution in [1.29, 1.82) is 0 Å². The van der Waals surface area contributed by atoms with E-state index in [9.17, 15) is 4.79 Å². The van der Waals surface area contributed by atoms with Crippen LogP contribution < -0.4 is 5.32 Å². The predicted molar refractivity (Wildman–Crippen MR) is 60.0 cm³/mol. The number of nitrogens with one attached hydrogen (secondary N) is 1. The summed E-state index contributed by atoms with van der Waals surface area (Å²) in [5.74, 6) is -0.0781. The lowest BCUT2D eigenvalue weighted by atomic mass is 10.2. The molecule has 3 heteroatoms. The molecule has 0 aliphatic carbocycles. The number of hydrogen-bond donors (Lipinski definition) is 1. The molecule has 0 saturated carbocycles. The average molecular weight is 246 g/mol. The fourth-order valence-corrected chi connectivity index (χ4v) is 0.998. The lowest BCUT2D eigenvalue weighted by molar-refractivity contribution is -0.117. The van der Waals surface area contributed by atoms with Crippen molar-refractivity contribution in [2.45, 2.75) is 19.8 Å². The molecule has 0 aromatic carbocycles. The Morgan fingerprint density at radius 3 is 2.85 bits per heavy atom. The quantitative estimate of drug-likeness (QED) is 0.331. The van der Waals surface area contributed by atoms with Gasteiger partial charge in [0.25, 0.3) is 5.91 Å². The van der Waals surface area contributed by atoms with Gasteiger partial charge in [-0.25, -0.2) is 0 Å². The molecule has 2 nitrogen and oxygen atoms in total. The second kappa shape index (κ2) is 8.05. The highest BCUT2D eigenvalue weighted by Gasteiger charge is 2.00. The van der Waals surface area contributed by atoms with Crippen LogP contribution in [0, 0.1) is 0 Å². The van der Waals surface area contributed by atoms with E-state index >= 15 is 0 Å². The molecule has 0 unspecified atom stereocenters. The summed E-state index contributed by atoms with van der Waals surface area (Å²) < 4.78 is 0. The van der Waals surface area contributed by atoms with Gasteiger partial charge in [0.2, 0.25) is 0 Å². The van der Waals surface area contributed by atoms with Crippen LogP contribution >= 0.6 is 15.9 Å². The Hall–Kier alpha value is -0.570. The number of amides is 1. The lowest BCUT2D eigenvalue weighted by Crippen LogP contribution is -2.25. The predicted octanol–water partition coefficient (Wildman–Crippen LogP) is 2.41. The molecular formula is C10H16BrNO. The van der Waals surface area contributed by atoms with Gasteiger partial charge in [-0.15, -0.1) is 0 Å². The molecule has 1 amide bonds. The van der Waals surface area contributed by atoms with E-state index in [2.05, 4.69) is 27.8 Å². The first kappa shape index (κ1) is 12.4. The summed E-state index contributed by atoms with van der Waals surface area (Å²) in [6, 6.07) is 0. The standard InChI is InChI=1S/C10H16BrNO/c1-3-4-6-9(2)10(13)12-8-5-7-11/h4,6H,2-3,5,7-8H2,1H3,(H,12,13)/b6-4-. The summed E-state index contributed by atoms with van der Waals surface area (Å²) in [6.45, 7) is 6.38. The van der Waals surface area contributed by atoms with Gasteiger partial charge in [-0.2, -0.15) is 0 Å². The fraction of sp³-hybridized carbons (Fsp3) is 0.500. The molecule has 0 bridgehead atoms. The highest BCUT2D eigenvalue weighted by molar-refractivity contribution is 9.09. The van der Waals surface area contributed by atoms with E-state index in [4.69, 9.17) is 0 Å². The Morgan fingerprint density at radius 2 is 2.31 bits per heavy atom. The molecule has 0 saturated heterocycles. The van der Waals surface area contributed by atoms with Gasteiger partial charge in [0.05, 0.1) is 0 Å². The summed E-state index contributed by atoms with van der Waals surface area (Å²) in [7, 11) is 0. The zero-order valence-corrected chi connectivity index (χ0v) is 9.56. The number of halogens is 1. The first-order chi connectivity index (χ1) is 6.22. The summed E-state index contributed by atoms with van der Waals surface area (Å²) in [5, 5.41) is 3.68. The average Bonchev–Trinajstić information content (AvgIpc) is 2.14. The normalized spacial score (nSPS) is 10.3. The van der Waals surface area contributed by atoms with Crippen LogP contribution in [0.4, 0.5) is 0 Å². The van der Waals surface area contributed by atoms with Crippen molar-refractivity contribution in [3.63, 3.8) is 0 Å². The highest BCUT2D eigenvalue weighted by Crippen LogP contribution is 1.94. The third-order valence-corrected chi connectivity index (χ3v) is 2.00. The van der Waals surface area contributed by atoms with Crippen molar-refractivity contribution in [3.05, 3.63) is 24.3 Å². The topological polar surface area (TPSA) is 29.1 Å². The largest absolute Gasteiger partial charge is 0.352 e. The van der Waals surface area contributed by atoms with Crippen molar-refractivity contribution in [2.75, 3.05) is 11.9 Å². The number of rotatable bonds is 6. The Kier molecular flexibility index (Phi) is 7.69. The monoisotopic (exact) mass is 245 g/mol. The maximum atomic E-state index is 11.2. The van der Waals surface area contributed by atoms with Crippen LogP contribution in [0.1, 0.15) is 19.8 Å². The molecule has 0 aromatic rings.